The summed E-state index contributed by atoms with van der Waals surface area (Å²) in [7, 11) is 0. The Hall–Kier alpha value is -2.14. The SMILES string of the molecule is Cc1cccc2cc(/C=N\NC(=O)c3cc(Cl)ccc3Cl)c(Cl)nc12. The molecule has 1 aromatic heterocycles. The highest BCUT2D eigenvalue weighted by Gasteiger charge is 2.10. The molecule has 0 aliphatic heterocycles. The highest BCUT2D eigenvalue weighted by molar-refractivity contribution is 6.35. The van der Waals surface area contributed by atoms with Crippen LogP contribution in [-0.4, -0.2) is 17.1 Å². The van der Waals surface area contributed by atoms with Crippen molar-refractivity contribution < 1.29 is 4.79 Å². The van der Waals surface area contributed by atoms with E-state index in [1.54, 1.807) is 12.1 Å². The Morgan fingerprint density at radius 3 is 2.76 bits per heavy atom. The summed E-state index contributed by atoms with van der Waals surface area (Å²) in [5, 5.41) is 5.88. The topological polar surface area (TPSA) is 54.4 Å². The molecule has 1 N–H and O–H groups in total. The number of nitrogens with one attached hydrogen (secondary N) is 1. The normalized spacial score (nSPS) is 11.2. The van der Waals surface area contributed by atoms with Crippen LogP contribution in [-0.2, 0) is 0 Å². The van der Waals surface area contributed by atoms with E-state index in [1.165, 1.54) is 12.3 Å². The molecule has 3 aromatic rings. The first-order valence-corrected chi connectivity index (χ1v) is 8.43. The molecule has 4 nitrogen and oxygen atoms in total. The highest BCUT2D eigenvalue weighted by Crippen LogP contribution is 2.22. The van der Waals surface area contributed by atoms with Crippen molar-refractivity contribution in [1.82, 2.24) is 10.4 Å². The molecule has 0 spiro atoms. The largest absolute Gasteiger partial charge is 0.272 e. The molecule has 25 heavy (non-hydrogen) atoms. The van der Waals surface area contributed by atoms with Gasteiger partial charge in [0.15, 0.2) is 0 Å². The fraction of sp³-hybridized carbons (Fsp3) is 0.0556. The van der Waals surface area contributed by atoms with Gasteiger partial charge in [0.05, 0.1) is 22.3 Å². The van der Waals surface area contributed by atoms with Crippen molar-refractivity contribution in [3.05, 3.63) is 74.4 Å². The molecular weight excluding hydrogens is 381 g/mol. The maximum atomic E-state index is 12.1. The zero-order chi connectivity index (χ0) is 18.0. The average Bonchev–Trinajstić information content (AvgIpc) is 2.58. The molecule has 0 radical (unpaired) electrons. The van der Waals surface area contributed by atoms with Crippen LogP contribution < -0.4 is 5.43 Å². The van der Waals surface area contributed by atoms with Gasteiger partial charge in [-0.15, -0.1) is 0 Å². The van der Waals surface area contributed by atoms with Crippen molar-refractivity contribution in [2.24, 2.45) is 5.10 Å². The van der Waals surface area contributed by atoms with E-state index >= 15 is 0 Å². The van der Waals surface area contributed by atoms with E-state index in [0.29, 0.717) is 15.7 Å². The fourth-order valence-corrected chi connectivity index (χ4v) is 2.89. The second-order valence-electron chi connectivity index (χ2n) is 5.34. The number of para-hydroxylation sites is 1. The van der Waals surface area contributed by atoms with Gasteiger partial charge in [-0.05, 0) is 36.8 Å². The van der Waals surface area contributed by atoms with Gasteiger partial charge < -0.3 is 0 Å². The number of rotatable bonds is 3. The lowest BCUT2D eigenvalue weighted by Crippen LogP contribution is -2.18. The van der Waals surface area contributed by atoms with E-state index in [4.69, 9.17) is 34.8 Å². The lowest BCUT2D eigenvalue weighted by molar-refractivity contribution is 0.0955. The number of amides is 1. The summed E-state index contributed by atoms with van der Waals surface area (Å²) in [6.07, 6.45) is 1.44. The van der Waals surface area contributed by atoms with Crippen LogP contribution in [0.1, 0.15) is 21.5 Å². The van der Waals surface area contributed by atoms with Crippen molar-refractivity contribution in [1.29, 1.82) is 0 Å². The van der Waals surface area contributed by atoms with E-state index in [1.807, 2.05) is 31.2 Å². The maximum absolute atomic E-state index is 12.1. The number of benzene rings is 2. The minimum Gasteiger partial charge on any atom is -0.267 e. The summed E-state index contributed by atoms with van der Waals surface area (Å²) in [4.78, 5) is 16.5. The van der Waals surface area contributed by atoms with Gasteiger partial charge in [-0.25, -0.2) is 10.4 Å². The van der Waals surface area contributed by atoms with Crippen LogP contribution >= 0.6 is 34.8 Å². The Morgan fingerprint density at radius 2 is 1.96 bits per heavy atom. The van der Waals surface area contributed by atoms with E-state index in [9.17, 15) is 4.79 Å². The fourth-order valence-electron chi connectivity index (χ4n) is 2.32. The third-order valence-corrected chi connectivity index (χ3v) is 4.44. The summed E-state index contributed by atoms with van der Waals surface area (Å²) in [6, 6.07) is 12.3. The van der Waals surface area contributed by atoms with Crippen LogP contribution in [0.15, 0.2) is 47.6 Å². The lowest BCUT2D eigenvalue weighted by Gasteiger charge is -2.05. The van der Waals surface area contributed by atoms with Crippen LogP contribution in [0.4, 0.5) is 0 Å². The van der Waals surface area contributed by atoms with Crippen LogP contribution in [0.5, 0.6) is 0 Å². The number of hydrogen-bond acceptors (Lipinski definition) is 3. The minimum absolute atomic E-state index is 0.240. The Bertz CT molecular complexity index is 1000. The Kier molecular flexibility index (Phi) is 5.23. The summed E-state index contributed by atoms with van der Waals surface area (Å²) in [6.45, 7) is 1.97. The zero-order valence-electron chi connectivity index (χ0n) is 13.1. The highest BCUT2D eigenvalue weighted by atomic mass is 35.5. The van der Waals surface area contributed by atoms with Crippen molar-refractivity contribution in [3.8, 4) is 0 Å². The van der Waals surface area contributed by atoms with Crippen molar-refractivity contribution in [2.75, 3.05) is 0 Å². The molecule has 0 aliphatic rings. The van der Waals surface area contributed by atoms with Crippen LogP contribution in [0.3, 0.4) is 0 Å². The maximum Gasteiger partial charge on any atom is 0.272 e. The predicted molar refractivity (Wildman–Crippen MR) is 103 cm³/mol. The van der Waals surface area contributed by atoms with Gasteiger partial charge in [-0.1, -0.05) is 53.0 Å². The van der Waals surface area contributed by atoms with Gasteiger partial charge in [0, 0.05) is 16.0 Å². The molecule has 0 aliphatic carbocycles. The Balaban J connectivity index is 1.82. The number of fused-ring (bicyclic) bond motifs is 1. The Morgan fingerprint density at radius 1 is 1.16 bits per heavy atom. The first-order valence-electron chi connectivity index (χ1n) is 7.30. The smallest absolute Gasteiger partial charge is 0.267 e. The molecule has 0 unspecified atom stereocenters. The molecule has 0 saturated heterocycles. The lowest BCUT2D eigenvalue weighted by atomic mass is 10.1. The quantitative estimate of drug-likeness (QED) is 0.375. The van der Waals surface area contributed by atoms with E-state index in [-0.39, 0.29) is 10.6 Å². The number of pyridine rings is 1. The zero-order valence-corrected chi connectivity index (χ0v) is 15.3. The standard InChI is InChI=1S/C18H12Cl3N3O/c1-10-3-2-4-11-7-12(17(21)23-16(10)11)9-22-24-18(25)14-8-13(19)5-6-15(14)20/h2-9H,1H3,(H,24,25)/b22-9-. The van der Waals surface area contributed by atoms with Gasteiger partial charge in [0.25, 0.3) is 5.91 Å². The molecule has 3 rings (SSSR count). The molecule has 1 amide bonds. The number of halogens is 3. The summed E-state index contributed by atoms with van der Waals surface area (Å²) < 4.78 is 0. The van der Waals surface area contributed by atoms with Gasteiger partial charge in [0.2, 0.25) is 0 Å². The summed E-state index contributed by atoms with van der Waals surface area (Å²) in [5.41, 5.74) is 5.11. The molecule has 126 valence electrons. The van der Waals surface area contributed by atoms with Gasteiger partial charge in [-0.3, -0.25) is 4.79 Å². The van der Waals surface area contributed by atoms with Crippen molar-refractivity contribution >= 4 is 57.8 Å². The molecule has 0 fully saturated rings. The first-order chi connectivity index (χ1) is 12.0. The molecule has 2 aromatic carbocycles. The van der Waals surface area contributed by atoms with Crippen molar-refractivity contribution in [2.45, 2.75) is 6.92 Å². The number of hydrogen-bond donors (Lipinski definition) is 1. The van der Waals surface area contributed by atoms with Crippen molar-refractivity contribution in [3.63, 3.8) is 0 Å². The molecule has 1 heterocycles. The molecule has 0 saturated carbocycles. The molecular formula is C18H12Cl3N3O. The number of nitrogens with zero attached hydrogens (tertiary/aromatic N) is 2. The van der Waals surface area contributed by atoms with E-state index < -0.39 is 5.91 Å². The molecule has 7 heteroatoms. The van der Waals surface area contributed by atoms with Gasteiger partial charge in [0.1, 0.15) is 5.15 Å². The summed E-state index contributed by atoms with van der Waals surface area (Å²) in [5.74, 6) is -0.468. The average molecular weight is 393 g/mol. The minimum atomic E-state index is -0.468. The number of aromatic nitrogens is 1. The number of aryl methyl sites for hydroxylation is 1. The van der Waals surface area contributed by atoms with Crippen LogP contribution in [0, 0.1) is 6.92 Å². The van der Waals surface area contributed by atoms with Gasteiger partial charge in [-0.2, -0.15) is 5.10 Å². The first kappa shape index (κ1) is 17.7. The predicted octanol–water partition coefficient (Wildman–Crippen LogP) is 5.27. The van der Waals surface area contributed by atoms with Gasteiger partial charge >= 0.3 is 0 Å². The number of hydrazone groups is 1. The van der Waals surface area contributed by atoms with Crippen LogP contribution in [0.25, 0.3) is 10.9 Å². The third kappa shape index (κ3) is 3.93. The number of carbonyl (C=O) groups is 1. The van der Waals surface area contributed by atoms with E-state index in [0.717, 1.165) is 16.5 Å². The molecule has 0 bridgehead atoms. The second kappa shape index (κ2) is 7.40. The number of carbonyl (C=O) groups excluding carboxylic acids is 1. The monoisotopic (exact) mass is 391 g/mol. The van der Waals surface area contributed by atoms with Crippen LogP contribution in [0.2, 0.25) is 15.2 Å². The van der Waals surface area contributed by atoms with E-state index in [2.05, 4.69) is 15.5 Å². The Labute approximate surface area is 159 Å². The second-order valence-corrected chi connectivity index (χ2v) is 6.54. The third-order valence-electron chi connectivity index (χ3n) is 3.57. The summed E-state index contributed by atoms with van der Waals surface area (Å²) >= 11 is 18.1. The molecule has 0 atom stereocenters.